The Morgan fingerprint density at radius 3 is 2.75 bits per heavy atom. The summed E-state index contributed by atoms with van der Waals surface area (Å²) in [6, 6.07) is 12.1. The van der Waals surface area contributed by atoms with E-state index in [2.05, 4.69) is 10.3 Å². The third kappa shape index (κ3) is 6.04. The van der Waals surface area contributed by atoms with E-state index in [0.717, 1.165) is 60.6 Å². The summed E-state index contributed by atoms with van der Waals surface area (Å²) in [6.07, 6.45) is 4.80. The Kier molecular flexibility index (Phi) is 8.78. The molecule has 0 aliphatic carbocycles. The molecule has 2 amide bonds. The van der Waals surface area contributed by atoms with Crippen molar-refractivity contribution in [3.8, 4) is 11.3 Å². The number of carbonyl (C=O) groups excluding carboxylic acids is 2. The summed E-state index contributed by atoms with van der Waals surface area (Å²) in [5.41, 5.74) is 4.60. The lowest BCUT2D eigenvalue weighted by molar-refractivity contribution is -0.127. The van der Waals surface area contributed by atoms with Gasteiger partial charge in [0.2, 0.25) is 5.91 Å². The van der Waals surface area contributed by atoms with Crippen LogP contribution in [0.25, 0.3) is 11.3 Å². The van der Waals surface area contributed by atoms with Crippen LogP contribution in [0.5, 0.6) is 0 Å². The number of benzene rings is 2. The fourth-order valence-corrected chi connectivity index (χ4v) is 5.77. The molecule has 2 N–H and O–H groups in total. The molecule has 1 aromatic heterocycles. The van der Waals surface area contributed by atoms with Gasteiger partial charge >= 0.3 is 0 Å². The van der Waals surface area contributed by atoms with E-state index in [9.17, 15) is 14.7 Å². The largest absolute Gasteiger partial charge is 0.394 e. The van der Waals surface area contributed by atoms with Crippen molar-refractivity contribution in [3.63, 3.8) is 0 Å². The minimum atomic E-state index is -0.670. The molecule has 2 aliphatic heterocycles. The molecule has 0 saturated carbocycles. The Morgan fingerprint density at radius 1 is 1.23 bits per heavy atom. The topological polar surface area (TPSA) is 105 Å². The highest BCUT2D eigenvalue weighted by Gasteiger charge is 2.36. The van der Waals surface area contributed by atoms with Gasteiger partial charge in [-0.3, -0.25) is 9.59 Å². The van der Waals surface area contributed by atoms with E-state index in [1.165, 1.54) is 0 Å². The number of nitrogens with one attached hydrogen (secondary N) is 1. The van der Waals surface area contributed by atoms with Crippen molar-refractivity contribution in [2.75, 3.05) is 19.8 Å². The molecular formula is C31H35ClN4O4. The fraction of sp³-hybridized carbons (Fsp3) is 0.419. The number of hydrogen-bond acceptors (Lipinski definition) is 6. The predicted molar refractivity (Wildman–Crippen MR) is 153 cm³/mol. The van der Waals surface area contributed by atoms with Gasteiger partial charge in [-0.2, -0.15) is 0 Å². The molecule has 8 nitrogen and oxygen atoms in total. The second-order valence-electron chi connectivity index (χ2n) is 10.6. The molecule has 0 spiro atoms. The average molecular weight is 563 g/mol. The summed E-state index contributed by atoms with van der Waals surface area (Å²) in [5, 5.41) is 13.4. The Bertz CT molecular complexity index is 1390. The first kappa shape index (κ1) is 28.2. The monoisotopic (exact) mass is 562 g/mol. The van der Waals surface area contributed by atoms with Gasteiger partial charge in [0.05, 0.1) is 23.4 Å². The van der Waals surface area contributed by atoms with Crippen LogP contribution in [0.2, 0.25) is 5.02 Å². The van der Waals surface area contributed by atoms with Gasteiger partial charge in [-0.1, -0.05) is 60.5 Å². The quantitative estimate of drug-likeness (QED) is 0.393. The fourth-order valence-electron chi connectivity index (χ4n) is 5.57. The van der Waals surface area contributed by atoms with Crippen LogP contribution < -0.4 is 5.32 Å². The van der Waals surface area contributed by atoms with Crippen LogP contribution >= 0.6 is 11.6 Å². The number of halogens is 1. The summed E-state index contributed by atoms with van der Waals surface area (Å²) in [4.78, 5) is 37.8. The van der Waals surface area contributed by atoms with E-state index in [1.807, 2.05) is 56.3 Å². The molecule has 0 bridgehead atoms. The molecule has 3 heterocycles. The minimum absolute atomic E-state index is 0.206. The molecule has 0 radical (unpaired) electrons. The van der Waals surface area contributed by atoms with E-state index >= 15 is 0 Å². The minimum Gasteiger partial charge on any atom is -0.394 e. The maximum atomic E-state index is 13.6. The SMILES string of the molecule is CC[C@H](C(=O)N[C@H](CO)c1cccc(C)c1)N1Cc2ccc(-c3nc(CC4CCOCC4)ncc3Cl)cc2C1=O. The standard InChI is InChI=1S/C31H35ClN4O4/c1-3-27(30(38)34-26(18-37)21-6-4-5-19(2)13-21)36-17-23-8-7-22(15-24(23)31(36)39)29-25(32)16-33-28(35-29)14-20-9-11-40-12-10-20/h4-8,13,15-16,20,26-27,37H,3,9-12,14,17-18H2,1-2H3,(H,34,38)/t26-,27-/m1/s1. The number of amides is 2. The highest BCUT2D eigenvalue weighted by molar-refractivity contribution is 6.32. The van der Waals surface area contributed by atoms with Crippen molar-refractivity contribution in [1.29, 1.82) is 0 Å². The average Bonchev–Trinajstić information content (AvgIpc) is 3.28. The number of ether oxygens (including phenoxy) is 1. The van der Waals surface area contributed by atoms with Crippen molar-refractivity contribution in [1.82, 2.24) is 20.2 Å². The van der Waals surface area contributed by atoms with Crippen LogP contribution in [-0.4, -0.2) is 57.7 Å². The molecule has 9 heteroatoms. The van der Waals surface area contributed by atoms with Gasteiger partial charge in [-0.25, -0.2) is 9.97 Å². The molecular weight excluding hydrogens is 528 g/mol. The number of aliphatic hydroxyl groups excluding tert-OH is 1. The molecule has 40 heavy (non-hydrogen) atoms. The van der Waals surface area contributed by atoms with Gasteiger partial charge in [-0.15, -0.1) is 0 Å². The zero-order chi connectivity index (χ0) is 28.2. The zero-order valence-corrected chi connectivity index (χ0v) is 23.7. The van der Waals surface area contributed by atoms with Crippen LogP contribution in [-0.2, 0) is 22.5 Å². The van der Waals surface area contributed by atoms with Crippen LogP contribution in [0.4, 0.5) is 0 Å². The van der Waals surface area contributed by atoms with E-state index in [1.54, 1.807) is 11.1 Å². The van der Waals surface area contributed by atoms with Crippen molar-refractivity contribution >= 4 is 23.4 Å². The molecule has 2 aliphatic rings. The second-order valence-corrected chi connectivity index (χ2v) is 11.0. The van der Waals surface area contributed by atoms with Crippen molar-refractivity contribution in [2.45, 2.75) is 58.2 Å². The second kappa shape index (κ2) is 12.5. The Balaban J connectivity index is 1.33. The van der Waals surface area contributed by atoms with Gasteiger partial charge in [0.1, 0.15) is 11.9 Å². The Hall–Kier alpha value is -3.33. The zero-order valence-electron chi connectivity index (χ0n) is 22.9. The summed E-state index contributed by atoms with van der Waals surface area (Å²) in [6.45, 7) is 5.47. The maximum Gasteiger partial charge on any atom is 0.255 e. The highest BCUT2D eigenvalue weighted by Crippen LogP contribution is 2.33. The lowest BCUT2D eigenvalue weighted by Gasteiger charge is -2.28. The lowest BCUT2D eigenvalue weighted by Crippen LogP contribution is -2.48. The maximum absolute atomic E-state index is 13.6. The van der Waals surface area contributed by atoms with Crippen LogP contribution in [0, 0.1) is 12.8 Å². The molecule has 3 aromatic rings. The smallest absolute Gasteiger partial charge is 0.255 e. The van der Waals surface area contributed by atoms with Crippen LogP contribution in [0.1, 0.15) is 65.1 Å². The van der Waals surface area contributed by atoms with Crippen LogP contribution in [0.15, 0.2) is 48.7 Å². The Labute approximate surface area is 239 Å². The van der Waals surface area contributed by atoms with Crippen molar-refractivity contribution < 1.29 is 19.4 Å². The molecule has 5 rings (SSSR count). The number of fused-ring (bicyclic) bond motifs is 1. The van der Waals surface area contributed by atoms with Crippen molar-refractivity contribution in [2.24, 2.45) is 5.92 Å². The van der Waals surface area contributed by atoms with Gasteiger partial charge in [0.15, 0.2) is 0 Å². The highest BCUT2D eigenvalue weighted by atomic mass is 35.5. The molecule has 2 aromatic carbocycles. The molecule has 2 atom stereocenters. The normalized spacial score (nSPS) is 17.0. The molecule has 1 fully saturated rings. The summed E-state index contributed by atoms with van der Waals surface area (Å²) < 4.78 is 5.47. The van der Waals surface area contributed by atoms with Crippen LogP contribution in [0.3, 0.4) is 0 Å². The summed E-state index contributed by atoms with van der Waals surface area (Å²) >= 11 is 6.51. The first-order valence-corrected chi connectivity index (χ1v) is 14.3. The molecule has 1 saturated heterocycles. The number of aryl methyl sites for hydroxylation is 1. The summed E-state index contributed by atoms with van der Waals surface area (Å²) in [7, 11) is 0. The van der Waals surface area contributed by atoms with E-state index < -0.39 is 12.1 Å². The van der Waals surface area contributed by atoms with Gasteiger partial charge in [0, 0.05) is 43.5 Å². The predicted octanol–water partition coefficient (Wildman–Crippen LogP) is 4.66. The van der Waals surface area contributed by atoms with E-state index in [0.29, 0.717) is 35.2 Å². The first-order chi connectivity index (χ1) is 19.4. The number of nitrogens with zero attached hydrogens (tertiary/aromatic N) is 3. The summed E-state index contributed by atoms with van der Waals surface area (Å²) in [5.74, 6) is 0.713. The number of hydrogen-bond donors (Lipinski definition) is 2. The van der Waals surface area contributed by atoms with Crippen molar-refractivity contribution in [3.05, 3.63) is 81.8 Å². The Morgan fingerprint density at radius 2 is 2.02 bits per heavy atom. The molecule has 0 unspecified atom stereocenters. The van der Waals surface area contributed by atoms with E-state index in [4.69, 9.17) is 21.3 Å². The third-order valence-corrected chi connectivity index (χ3v) is 8.11. The van der Waals surface area contributed by atoms with Gasteiger partial charge in [-0.05, 0) is 49.3 Å². The molecule has 210 valence electrons. The number of rotatable bonds is 9. The number of carbonyl (C=O) groups is 2. The first-order valence-electron chi connectivity index (χ1n) is 13.9. The number of aromatic nitrogens is 2. The number of aliphatic hydroxyl groups is 1. The van der Waals surface area contributed by atoms with Gasteiger partial charge < -0.3 is 20.1 Å². The van der Waals surface area contributed by atoms with Gasteiger partial charge in [0.25, 0.3) is 5.91 Å². The third-order valence-electron chi connectivity index (χ3n) is 7.83. The lowest BCUT2D eigenvalue weighted by atomic mass is 9.96. The van der Waals surface area contributed by atoms with E-state index in [-0.39, 0.29) is 18.4 Å².